The molecule has 3 heterocycles. The molecule has 8 nitrogen and oxygen atoms in total. The molecule has 1 N–H and O–H groups in total. The first kappa shape index (κ1) is 22.4. The number of halogens is 1. The van der Waals surface area contributed by atoms with E-state index in [2.05, 4.69) is 15.3 Å². The second-order valence-electron chi connectivity index (χ2n) is 7.19. The monoisotopic (exact) mass is 488 g/mol. The Morgan fingerprint density at radius 1 is 1.31 bits per heavy atom. The molecule has 0 saturated carbocycles. The van der Waals surface area contributed by atoms with Gasteiger partial charge in [-0.15, -0.1) is 11.3 Å². The molecule has 0 saturated heterocycles. The molecule has 0 bridgehead atoms. The number of hydrogen-bond acceptors (Lipinski definition) is 7. The number of amidine groups is 2. The molecule has 0 fully saturated rings. The zero-order valence-electron chi connectivity index (χ0n) is 17.5. The first-order chi connectivity index (χ1) is 15.3. The second-order valence-corrected chi connectivity index (χ2v) is 9.54. The first-order valence-corrected chi connectivity index (χ1v) is 11.8. The first-order valence-electron chi connectivity index (χ1n) is 9.58. The highest BCUT2D eigenvalue weighted by atomic mass is 35.5. The fourth-order valence-corrected chi connectivity index (χ4v) is 4.92. The lowest BCUT2D eigenvalue weighted by molar-refractivity contribution is -0.407. The molecule has 164 valence electrons. The SMILES string of the molecule is Cc1ccc(NC(=O)CSC2=NC(c3cccs3)=NC3=[N+](C)C(=O)N(C)C(=O)C23)cc1Cl. The lowest BCUT2D eigenvalue weighted by Crippen LogP contribution is -2.54. The van der Waals surface area contributed by atoms with E-state index in [9.17, 15) is 14.4 Å². The molecular weight excluding hydrogens is 470 g/mol. The number of aliphatic imine (C=N–C) groups is 2. The summed E-state index contributed by atoms with van der Waals surface area (Å²) in [5.74, 6) is -0.769. The molecule has 4 amide bonds. The number of hydrogen-bond donors (Lipinski definition) is 1. The van der Waals surface area contributed by atoms with Crippen LogP contribution >= 0.6 is 34.7 Å². The summed E-state index contributed by atoms with van der Waals surface area (Å²) in [6.45, 7) is 1.88. The minimum absolute atomic E-state index is 0.0283. The van der Waals surface area contributed by atoms with E-state index in [4.69, 9.17) is 11.6 Å². The largest absolute Gasteiger partial charge is 0.445 e. The molecule has 2 aliphatic rings. The van der Waals surface area contributed by atoms with Crippen LogP contribution in [0, 0.1) is 12.8 Å². The van der Waals surface area contributed by atoms with E-state index in [1.807, 2.05) is 30.5 Å². The summed E-state index contributed by atoms with van der Waals surface area (Å²) in [6, 6.07) is 8.56. The molecule has 0 aliphatic carbocycles. The molecular formula is C21H19ClN5O3S2+. The van der Waals surface area contributed by atoms with E-state index in [0.717, 1.165) is 27.1 Å². The average Bonchev–Trinajstić information content (AvgIpc) is 3.31. The van der Waals surface area contributed by atoms with Crippen molar-refractivity contribution in [1.29, 1.82) is 0 Å². The molecule has 2 aromatic rings. The number of nitrogens with zero attached hydrogens (tertiary/aromatic N) is 4. The van der Waals surface area contributed by atoms with Crippen LogP contribution in [0.1, 0.15) is 10.4 Å². The summed E-state index contributed by atoms with van der Waals surface area (Å²) in [6.07, 6.45) is 0. The van der Waals surface area contributed by atoms with Crippen LogP contribution in [0.15, 0.2) is 45.7 Å². The maximum atomic E-state index is 12.9. The lowest BCUT2D eigenvalue weighted by atomic mass is 10.0. The number of thiophene rings is 1. The van der Waals surface area contributed by atoms with Gasteiger partial charge in [-0.2, -0.15) is 9.48 Å². The quantitative estimate of drug-likeness (QED) is 0.666. The number of urea groups is 1. The van der Waals surface area contributed by atoms with Crippen molar-refractivity contribution in [2.24, 2.45) is 15.9 Å². The molecule has 2 aliphatic heterocycles. The molecule has 0 radical (unpaired) electrons. The fourth-order valence-electron chi connectivity index (χ4n) is 3.21. The van der Waals surface area contributed by atoms with Gasteiger partial charge in [0.05, 0.1) is 24.7 Å². The Morgan fingerprint density at radius 2 is 2.09 bits per heavy atom. The fraction of sp³-hybridized carbons (Fsp3) is 0.238. The maximum absolute atomic E-state index is 12.9. The summed E-state index contributed by atoms with van der Waals surface area (Å²) >= 11 is 8.73. The number of rotatable bonds is 4. The Bertz CT molecular complexity index is 1220. The van der Waals surface area contributed by atoms with Gasteiger partial charge in [-0.1, -0.05) is 40.5 Å². The van der Waals surface area contributed by atoms with Crippen LogP contribution < -0.4 is 5.32 Å². The number of anilines is 1. The Labute approximate surface area is 197 Å². The molecule has 1 unspecified atom stereocenters. The molecule has 4 rings (SSSR count). The smallest absolute Gasteiger partial charge is 0.325 e. The predicted octanol–water partition coefficient (Wildman–Crippen LogP) is 3.49. The van der Waals surface area contributed by atoms with Crippen LogP contribution in [0.5, 0.6) is 0 Å². The third kappa shape index (κ3) is 4.25. The highest BCUT2D eigenvalue weighted by Crippen LogP contribution is 2.28. The van der Waals surface area contributed by atoms with Crippen LogP contribution in [-0.2, 0) is 9.59 Å². The van der Waals surface area contributed by atoms with Gasteiger partial charge in [0.2, 0.25) is 11.7 Å². The number of benzene rings is 1. The van der Waals surface area contributed by atoms with Crippen molar-refractivity contribution < 1.29 is 19.0 Å². The van der Waals surface area contributed by atoms with E-state index in [-0.39, 0.29) is 11.7 Å². The number of fused-ring (bicyclic) bond motifs is 1. The molecule has 0 spiro atoms. The number of aryl methyl sites for hydroxylation is 1. The zero-order valence-corrected chi connectivity index (χ0v) is 19.8. The summed E-state index contributed by atoms with van der Waals surface area (Å²) < 4.78 is 1.35. The Morgan fingerprint density at radius 3 is 2.78 bits per heavy atom. The zero-order chi connectivity index (χ0) is 23.0. The van der Waals surface area contributed by atoms with Gasteiger partial charge in [0.1, 0.15) is 5.04 Å². The van der Waals surface area contributed by atoms with E-state index in [0.29, 0.717) is 27.4 Å². The number of carbonyl (C=O) groups is 3. The van der Waals surface area contributed by atoms with Crippen molar-refractivity contribution in [1.82, 2.24) is 4.90 Å². The molecule has 1 aromatic carbocycles. The summed E-state index contributed by atoms with van der Waals surface area (Å²) in [5, 5.41) is 5.68. The van der Waals surface area contributed by atoms with Crippen LogP contribution in [0.2, 0.25) is 5.02 Å². The highest BCUT2D eigenvalue weighted by molar-refractivity contribution is 8.14. The van der Waals surface area contributed by atoms with Gasteiger partial charge in [0, 0.05) is 10.7 Å². The number of nitrogens with one attached hydrogen (secondary N) is 1. The van der Waals surface area contributed by atoms with Crippen molar-refractivity contribution >= 4 is 74.9 Å². The molecule has 11 heteroatoms. The second kappa shape index (κ2) is 8.97. The standard InChI is InChI=1S/C21H18ClN5O3S2/c1-11-6-7-12(9-13(11)22)23-15(28)10-32-19-16-18(26(2)21(30)27(3)20(16)29)24-17(25-19)14-5-4-8-31-14/h4-9,16H,10H2,1-3H3/p+1. The maximum Gasteiger partial charge on any atom is 0.445 e. The number of imide groups is 1. The molecule has 32 heavy (non-hydrogen) atoms. The lowest BCUT2D eigenvalue weighted by Gasteiger charge is -2.26. The van der Waals surface area contributed by atoms with Gasteiger partial charge in [0.15, 0.2) is 5.92 Å². The Hall–Kier alpha value is -2.82. The van der Waals surface area contributed by atoms with Crippen molar-refractivity contribution in [3.63, 3.8) is 0 Å². The highest BCUT2D eigenvalue weighted by Gasteiger charge is 2.49. The summed E-state index contributed by atoms with van der Waals surface area (Å²) in [5.41, 5.74) is 1.50. The van der Waals surface area contributed by atoms with Crippen LogP contribution in [0.4, 0.5) is 10.5 Å². The van der Waals surface area contributed by atoms with Gasteiger partial charge < -0.3 is 5.32 Å². The predicted molar refractivity (Wildman–Crippen MR) is 128 cm³/mol. The van der Waals surface area contributed by atoms with Crippen molar-refractivity contribution in [2.75, 3.05) is 25.2 Å². The van der Waals surface area contributed by atoms with Crippen molar-refractivity contribution in [3.8, 4) is 0 Å². The number of thioether (sulfide) groups is 1. The summed E-state index contributed by atoms with van der Waals surface area (Å²) in [7, 11) is 3.00. The van der Waals surface area contributed by atoms with E-state index in [1.165, 1.54) is 23.0 Å². The van der Waals surface area contributed by atoms with Crippen LogP contribution in [0.3, 0.4) is 0 Å². The minimum atomic E-state index is -0.835. The van der Waals surface area contributed by atoms with E-state index < -0.39 is 17.9 Å². The Kier molecular flexibility index (Phi) is 6.27. The normalized spacial score (nSPS) is 18.4. The average molecular weight is 489 g/mol. The van der Waals surface area contributed by atoms with Crippen LogP contribution in [-0.4, -0.2) is 63.9 Å². The molecule has 1 aromatic heterocycles. The van der Waals surface area contributed by atoms with Crippen molar-refractivity contribution in [3.05, 3.63) is 51.2 Å². The van der Waals surface area contributed by atoms with Crippen molar-refractivity contribution in [2.45, 2.75) is 6.92 Å². The summed E-state index contributed by atoms with van der Waals surface area (Å²) in [4.78, 5) is 48.9. The Balaban J connectivity index is 1.60. The van der Waals surface area contributed by atoms with Gasteiger partial charge in [0.25, 0.3) is 5.84 Å². The third-order valence-corrected chi connectivity index (χ3v) is 7.29. The van der Waals surface area contributed by atoms with Gasteiger partial charge in [-0.3, -0.25) is 9.59 Å². The minimum Gasteiger partial charge on any atom is -0.325 e. The van der Waals surface area contributed by atoms with E-state index >= 15 is 0 Å². The molecule has 1 atom stereocenters. The number of carbonyl (C=O) groups excluding carboxylic acids is 3. The van der Waals surface area contributed by atoms with Crippen LogP contribution in [0.25, 0.3) is 0 Å². The van der Waals surface area contributed by atoms with Gasteiger partial charge in [-0.05, 0) is 36.1 Å². The van der Waals surface area contributed by atoms with Gasteiger partial charge >= 0.3 is 11.9 Å². The van der Waals surface area contributed by atoms with E-state index in [1.54, 1.807) is 19.2 Å². The van der Waals surface area contributed by atoms with Gasteiger partial charge in [-0.25, -0.2) is 9.79 Å². The topological polar surface area (TPSA) is 94.2 Å². The third-order valence-electron chi connectivity index (χ3n) is 4.99. The number of amides is 4.